The molecule has 0 bridgehead atoms. The number of fused-ring (bicyclic) bond motifs is 2. The van der Waals surface area contributed by atoms with Crippen molar-refractivity contribution >= 4 is 47.1 Å². The average Bonchev–Trinajstić information content (AvgIpc) is 3.67. The summed E-state index contributed by atoms with van der Waals surface area (Å²) in [4.78, 5) is 43.5. The summed E-state index contributed by atoms with van der Waals surface area (Å²) in [5.41, 5.74) is 6.71. The van der Waals surface area contributed by atoms with E-state index in [0.717, 1.165) is 28.1 Å². The standard InChI is InChI=1S/C24H23N3O2.C17H23NO2/c1-4-16-8-9-21-20(11-16)24(2,3)15-27(21)23(29)18-12-22(28)26(14-18)19-7-5-6-17(10-19)13-25;1-7-12-8-9-14-13(10-12)17(5,6)11-18(14)15(19)20-16(2,3)4/h4-11,18H,1,12,14-15H2,2-3H3;7-10H,1,11H2,2-6H3. The highest BCUT2D eigenvalue weighted by molar-refractivity contribution is 6.05. The average molecular weight is 659 g/mol. The Morgan fingerprint density at radius 1 is 0.878 bits per heavy atom. The predicted molar refractivity (Wildman–Crippen MR) is 197 cm³/mol. The number of carbonyl (C=O) groups excluding carboxylic acids is 3. The van der Waals surface area contributed by atoms with E-state index in [1.807, 2.05) is 62.1 Å². The minimum Gasteiger partial charge on any atom is -0.443 e. The van der Waals surface area contributed by atoms with Crippen LogP contribution in [-0.2, 0) is 25.2 Å². The van der Waals surface area contributed by atoms with Crippen molar-refractivity contribution in [3.05, 3.63) is 102 Å². The number of amides is 3. The van der Waals surface area contributed by atoms with E-state index in [1.54, 1.807) is 34.1 Å². The first-order valence-electron chi connectivity index (χ1n) is 16.6. The van der Waals surface area contributed by atoms with E-state index in [0.29, 0.717) is 30.9 Å². The summed E-state index contributed by atoms with van der Waals surface area (Å²) in [5.74, 6) is -0.497. The maximum atomic E-state index is 13.4. The SMILES string of the molecule is C=Cc1ccc2c(c1)C(C)(C)CN2C(=O)C1CC(=O)N(c2cccc(C#N)c2)C1.C=Cc1ccc2c(c1)C(C)(C)CN2C(=O)OC(C)(C)C. The molecule has 1 atom stereocenters. The molecule has 3 heterocycles. The quantitative estimate of drug-likeness (QED) is 0.282. The Morgan fingerprint density at radius 3 is 1.96 bits per heavy atom. The van der Waals surface area contributed by atoms with Gasteiger partial charge in [-0.2, -0.15) is 5.26 Å². The number of hydrogen-bond donors (Lipinski definition) is 0. The largest absolute Gasteiger partial charge is 0.443 e. The van der Waals surface area contributed by atoms with Crippen LogP contribution in [0, 0.1) is 17.2 Å². The molecular weight excluding hydrogens is 612 g/mol. The van der Waals surface area contributed by atoms with Gasteiger partial charge in [0.15, 0.2) is 0 Å². The molecule has 3 aromatic rings. The number of ether oxygens (including phenoxy) is 1. The number of nitrogens with zero attached hydrogens (tertiary/aromatic N) is 4. The van der Waals surface area contributed by atoms with Crippen LogP contribution < -0.4 is 14.7 Å². The molecule has 0 aromatic heterocycles. The first-order valence-corrected chi connectivity index (χ1v) is 16.6. The van der Waals surface area contributed by atoms with Crippen molar-refractivity contribution in [3.63, 3.8) is 0 Å². The van der Waals surface area contributed by atoms with Crippen molar-refractivity contribution in [1.82, 2.24) is 0 Å². The van der Waals surface area contributed by atoms with E-state index in [9.17, 15) is 14.4 Å². The van der Waals surface area contributed by atoms with Crippen LogP contribution in [0.2, 0.25) is 0 Å². The maximum Gasteiger partial charge on any atom is 0.414 e. The lowest BCUT2D eigenvalue weighted by Crippen LogP contribution is -2.39. The third kappa shape index (κ3) is 7.17. The van der Waals surface area contributed by atoms with Gasteiger partial charge in [0.05, 0.1) is 23.2 Å². The summed E-state index contributed by atoms with van der Waals surface area (Å²) in [6, 6.07) is 21.1. The van der Waals surface area contributed by atoms with Crippen LogP contribution in [0.15, 0.2) is 73.8 Å². The highest BCUT2D eigenvalue weighted by Crippen LogP contribution is 2.43. The van der Waals surface area contributed by atoms with Crippen molar-refractivity contribution < 1.29 is 19.1 Å². The summed E-state index contributed by atoms with van der Waals surface area (Å²) in [7, 11) is 0. The summed E-state index contributed by atoms with van der Waals surface area (Å²) >= 11 is 0. The van der Waals surface area contributed by atoms with Crippen LogP contribution in [0.5, 0.6) is 0 Å². The zero-order valence-electron chi connectivity index (χ0n) is 29.7. The number of benzene rings is 3. The van der Waals surface area contributed by atoms with E-state index >= 15 is 0 Å². The molecule has 3 amide bonds. The van der Waals surface area contributed by atoms with Gasteiger partial charge in [0.25, 0.3) is 0 Å². The topological polar surface area (TPSA) is 94.0 Å². The van der Waals surface area contributed by atoms with E-state index in [-0.39, 0.29) is 35.2 Å². The predicted octanol–water partition coefficient (Wildman–Crippen LogP) is 8.24. The highest BCUT2D eigenvalue weighted by Gasteiger charge is 2.44. The number of anilines is 3. The Labute approximate surface area is 290 Å². The van der Waals surface area contributed by atoms with Gasteiger partial charge in [0.1, 0.15) is 5.60 Å². The second kappa shape index (κ2) is 13.0. The molecule has 8 nitrogen and oxygen atoms in total. The molecule has 0 spiro atoms. The molecule has 49 heavy (non-hydrogen) atoms. The molecule has 6 rings (SSSR count). The van der Waals surface area contributed by atoms with Gasteiger partial charge in [-0.05, 0) is 85.5 Å². The molecular formula is C41H46N4O4. The minimum absolute atomic E-state index is 0.0181. The molecule has 0 saturated carbocycles. The molecule has 254 valence electrons. The molecule has 0 N–H and O–H groups in total. The van der Waals surface area contributed by atoms with Gasteiger partial charge in [-0.25, -0.2) is 4.79 Å². The van der Waals surface area contributed by atoms with Gasteiger partial charge >= 0.3 is 6.09 Å². The van der Waals surface area contributed by atoms with Crippen LogP contribution >= 0.6 is 0 Å². The summed E-state index contributed by atoms with van der Waals surface area (Å²) in [6.45, 7) is 23.4. The fourth-order valence-electron chi connectivity index (χ4n) is 6.81. The number of rotatable bonds is 4. The van der Waals surface area contributed by atoms with Crippen molar-refractivity contribution in [2.24, 2.45) is 5.92 Å². The van der Waals surface area contributed by atoms with Gasteiger partial charge < -0.3 is 14.5 Å². The number of carbonyl (C=O) groups is 3. The Kier molecular flexibility index (Phi) is 9.35. The Bertz CT molecular complexity index is 1880. The van der Waals surface area contributed by atoms with E-state index in [2.05, 4.69) is 59.1 Å². The molecule has 3 aliphatic rings. The first kappa shape index (κ1) is 35.2. The molecule has 1 fully saturated rings. The maximum absolute atomic E-state index is 13.4. The van der Waals surface area contributed by atoms with E-state index < -0.39 is 11.5 Å². The highest BCUT2D eigenvalue weighted by atomic mass is 16.6. The Balaban J connectivity index is 0.000000205. The van der Waals surface area contributed by atoms with Crippen molar-refractivity contribution in [1.29, 1.82) is 5.26 Å². The lowest BCUT2D eigenvalue weighted by Gasteiger charge is -2.25. The third-order valence-electron chi connectivity index (χ3n) is 9.30. The number of nitriles is 1. The van der Waals surface area contributed by atoms with Crippen LogP contribution in [-0.4, -0.2) is 43.1 Å². The molecule has 3 aromatic carbocycles. The van der Waals surface area contributed by atoms with Crippen molar-refractivity contribution in [3.8, 4) is 6.07 Å². The fourth-order valence-corrected chi connectivity index (χ4v) is 6.81. The van der Waals surface area contributed by atoms with Crippen molar-refractivity contribution in [2.75, 3.05) is 34.3 Å². The monoisotopic (exact) mass is 658 g/mol. The molecule has 0 radical (unpaired) electrons. The van der Waals surface area contributed by atoms with Gasteiger partial charge in [0, 0.05) is 48.3 Å². The summed E-state index contributed by atoms with van der Waals surface area (Å²) in [5, 5.41) is 9.11. The molecule has 0 aliphatic carbocycles. The summed E-state index contributed by atoms with van der Waals surface area (Å²) < 4.78 is 5.50. The van der Waals surface area contributed by atoms with Gasteiger partial charge in [-0.3, -0.25) is 14.5 Å². The minimum atomic E-state index is -0.481. The van der Waals surface area contributed by atoms with E-state index in [1.165, 1.54) is 5.56 Å². The molecule has 1 saturated heterocycles. The van der Waals surface area contributed by atoms with Gasteiger partial charge in [0.2, 0.25) is 11.8 Å². The number of hydrogen-bond acceptors (Lipinski definition) is 5. The smallest absolute Gasteiger partial charge is 0.414 e. The fraction of sp³-hybridized carbons (Fsp3) is 0.366. The second-order valence-corrected chi connectivity index (χ2v) is 15.3. The molecule has 1 unspecified atom stereocenters. The zero-order chi connectivity index (χ0) is 35.9. The normalized spacial score (nSPS) is 18.5. The van der Waals surface area contributed by atoms with Gasteiger partial charge in [-0.15, -0.1) is 0 Å². The van der Waals surface area contributed by atoms with Crippen molar-refractivity contribution in [2.45, 2.75) is 71.3 Å². The Hall–Kier alpha value is -5.16. The first-order chi connectivity index (χ1) is 23.0. The van der Waals surface area contributed by atoms with Crippen LogP contribution in [0.4, 0.5) is 21.9 Å². The lowest BCUT2D eigenvalue weighted by atomic mass is 9.86. The van der Waals surface area contributed by atoms with Crippen LogP contribution in [0.3, 0.4) is 0 Å². The Morgan fingerprint density at radius 2 is 1.43 bits per heavy atom. The summed E-state index contributed by atoms with van der Waals surface area (Å²) in [6.07, 6.45) is 3.54. The van der Waals surface area contributed by atoms with E-state index in [4.69, 9.17) is 10.00 Å². The third-order valence-corrected chi connectivity index (χ3v) is 9.30. The molecule has 8 heteroatoms. The van der Waals surface area contributed by atoms with Gasteiger partial charge in [-0.1, -0.05) is 71.2 Å². The zero-order valence-corrected chi connectivity index (χ0v) is 29.7. The second-order valence-electron chi connectivity index (χ2n) is 15.3. The van der Waals surface area contributed by atoms with Crippen LogP contribution in [0.25, 0.3) is 12.2 Å². The lowest BCUT2D eigenvalue weighted by molar-refractivity contribution is -0.124. The van der Waals surface area contributed by atoms with Crippen LogP contribution in [0.1, 0.15) is 82.7 Å². The molecule has 3 aliphatic heterocycles.